The number of pyridine rings is 1. The largest absolute Gasteiger partial charge is 0.460 e. The van der Waals surface area contributed by atoms with Gasteiger partial charge in [0.25, 0.3) is 0 Å². The zero-order chi connectivity index (χ0) is 15.2. The van der Waals surface area contributed by atoms with Crippen molar-refractivity contribution in [3.63, 3.8) is 0 Å². The molecule has 2 N–H and O–H groups in total. The van der Waals surface area contributed by atoms with Gasteiger partial charge in [0.15, 0.2) is 0 Å². The van der Waals surface area contributed by atoms with Crippen LogP contribution in [0.25, 0.3) is 0 Å². The molecule has 1 aromatic heterocycles. The van der Waals surface area contributed by atoms with Crippen molar-refractivity contribution in [2.24, 2.45) is 0 Å². The van der Waals surface area contributed by atoms with Gasteiger partial charge in [-0.05, 0) is 42.3 Å². The van der Waals surface area contributed by atoms with Crippen LogP contribution in [0.2, 0.25) is 0 Å². The molecule has 1 heterocycles. The Labute approximate surface area is 123 Å². The molecule has 0 radical (unpaired) electrons. The molecule has 1 unspecified atom stereocenters. The van der Waals surface area contributed by atoms with E-state index in [0.29, 0.717) is 11.4 Å². The van der Waals surface area contributed by atoms with Gasteiger partial charge in [0.1, 0.15) is 18.4 Å². The van der Waals surface area contributed by atoms with Crippen LogP contribution in [-0.2, 0) is 16.1 Å². The van der Waals surface area contributed by atoms with Crippen molar-refractivity contribution in [2.45, 2.75) is 19.4 Å². The SMILES string of the molecule is CC(C(=O)OCc1ccnc(C#N)c1)c1cccc(N)c1. The Hall–Kier alpha value is -2.87. The lowest BCUT2D eigenvalue weighted by atomic mass is 10.0. The average molecular weight is 281 g/mol. The number of ether oxygens (including phenoxy) is 1. The van der Waals surface area contributed by atoms with Gasteiger partial charge in [-0.1, -0.05) is 12.1 Å². The molecule has 0 aliphatic heterocycles. The van der Waals surface area contributed by atoms with Crippen molar-refractivity contribution in [1.82, 2.24) is 4.98 Å². The Morgan fingerprint density at radius 3 is 2.95 bits per heavy atom. The first-order valence-electron chi connectivity index (χ1n) is 6.47. The summed E-state index contributed by atoms with van der Waals surface area (Å²) in [4.78, 5) is 15.9. The van der Waals surface area contributed by atoms with Gasteiger partial charge in [0, 0.05) is 11.9 Å². The standard InChI is InChI=1S/C16H15N3O2/c1-11(13-3-2-4-14(18)8-13)16(20)21-10-12-5-6-19-15(7-12)9-17/h2-8,11H,10,18H2,1H3. The monoisotopic (exact) mass is 281 g/mol. The first-order valence-corrected chi connectivity index (χ1v) is 6.47. The Morgan fingerprint density at radius 1 is 1.43 bits per heavy atom. The number of aromatic nitrogens is 1. The molecule has 5 nitrogen and oxygen atoms in total. The van der Waals surface area contributed by atoms with Gasteiger partial charge in [-0.2, -0.15) is 5.26 Å². The summed E-state index contributed by atoms with van der Waals surface area (Å²) in [6, 6.07) is 12.4. The van der Waals surface area contributed by atoms with E-state index in [1.807, 2.05) is 12.1 Å². The summed E-state index contributed by atoms with van der Waals surface area (Å²) in [5, 5.41) is 8.77. The molecule has 1 aromatic carbocycles. The summed E-state index contributed by atoms with van der Waals surface area (Å²) in [7, 11) is 0. The van der Waals surface area contributed by atoms with E-state index in [2.05, 4.69) is 4.98 Å². The van der Waals surface area contributed by atoms with Crippen molar-refractivity contribution >= 4 is 11.7 Å². The maximum atomic E-state index is 12.0. The second-order valence-corrected chi connectivity index (χ2v) is 4.66. The number of anilines is 1. The van der Waals surface area contributed by atoms with E-state index < -0.39 is 5.92 Å². The number of benzene rings is 1. The zero-order valence-corrected chi connectivity index (χ0v) is 11.6. The first kappa shape index (κ1) is 14.5. The highest BCUT2D eigenvalue weighted by atomic mass is 16.5. The van der Waals surface area contributed by atoms with Crippen molar-refractivity contribution in [3.8, 4) is 6.07 Å². The van der Waals surface area contributed by atoms with Gasteiger partial charge < -0.3 is 10.5 Å². The number of nitrogens with two attached hydrogens (primary N) is 1. The number of carbonyl (C=O) groups is 1. The summed E-state index contributed by atoms with van der Waals surface area (Å²) in [5.74, 6) is -0.735. The Balaban J connectivity index is 2.00. The van der Waals surface area contributed by atoms with Crippen LogP contribution in [0.15, 0.2) is 42.6 Å². The van der Waals surface area contributed by atoms with Crippen molar-refractivity contribution in [2.75, 3.05) is 5.73 Å². The average Bonchev–Trinajstić information content (AvgIpc) is 2.52. The number of carbonyl (C=O) groups excluding carboxylic acids is 1. The lowest BCUT2D eigenvalue weighted by Crippen LogP contribution is -2.13. The molecule has 0 saturated heterocycles. The Kier molecular flexibility index (Phi) is 4.52. The lowest BCUT2D eigenvalue weighted by molar-refractivity contribution is -0.146. The number of nitriles is 1. The summed E-state index contributed by atoms with van der Waals surface area (Å²) in [6.45, 7) is 1.88. The van der Waals surface area contributed by atoms with Crippen LogP contribution < -0.4 is 5.73 Å². The van der Waals surface area contributed by atoms with Crippen LogP contribution in [0.5, 0.6) is 0 Å². The van der Waals surface area contributed by atoms with Gasteiger partial charge >= 0.3 is 5.97 Å². The number of nitrogens with zero attached hydrogens (tertiary/aromatic N) is 2. The van der Waals surface area contributed by atoms with E-state index >= 15 is 0 Å². The molecular formula is C16H15N3O2. The minimum atomic E-state index is -0.397. The molecule has 0 aliphatic rings. The number of hydrogen-bond donors (Lipinski definition) is 1. The van der Waals surface area contributed by atoms with E-state index in [1.54, 1.807) is 37.3 Å². The fourth-order valence-electron chi connectivity index (χ4n) is 1.87. The van der Waals surface area contributed by atoms with Crippen LogP contribution in [0.1, 0.15) is 29.7 Å². The van der Waals surface area contributed by atoms with Gasteiger partial charge in [0.2, 0.25) is 0 Å². The van der Waals surface area contributed by atoms with Crippen molar-refractivity contribution in [3.05, 3.63) is 59.4 Å². The molecule has 0 aliphatic carbocycles. The van der Waals surface area contributed by atoms with Crippen LogP contribution in [0.3, 0.4) is 0 Å². The van der Waals surface area contributed by atoms with E-state index in [1.165, 1.54) is 6.20 Å². The van der Waals surface area contributed by atoms with Gasteiger partial charge in [-0.15, -0.1) is 0 Å². The molecule has 106 valence electrons. The molecule has 0 bridgehead atoms. The highest BCUT2D eigenvalue weighted by molar-refractivity contribution is 5.78. The van der Waals surface area contributed by atoms with E-state index in [9.17, 15) is 4.79 Å². The molecule has 21 heavy (non-hydrogen) atoms. The maximum Gasteiger partial charge on any atom is 0.313 e. The minimum absolute atomic E-state index is 0.114. The summed E-state index contributed by atoms with van der Waals surface area (Å²) in [6.07, 6.45) is 1.52. The van der Waals surface area contributed by atoms with Crippen molar-refractivity contribution < 1.29 is 9.53 Å². The normalized spacial score (nSPS) is 11.4. The molecule has 0 saturated carbocycles. The lowest BCUT2D eigenvalue weighted by Gasteiger charge is -2.12. The molecule has 2 rings (SSSR count). The van der Waals surface area contributed by atoms with Crippen LogP contribution in [-0.4, -0.2) is 11.0 Å². The van der Waals surface area contributed by atoms with Gasteiger partial charge in [-0.25, -0.2) is 4.98 Å². The molecule has 0 amide bonds. The predicted molar refractivity (Wildman–Crippen MR) is 78.0 cm³/mol. The Bertz CT molecular complexity index is 692. The topological polar surface area (TPSA) is 89.0 Å². The van der Waals surface area contributed by atoms with Crippen LogP contribution in [0, 0.1) is 11.3 Å². The summed E-state index contributed by atoms with van der Waals surface area (Å²) < 4.78 is 5.27. The molecular weight excluding hydrogens is 266 g/mol. The number of rotatable bonds is 4. The molecule has 1 atom stereocenters. The van der Waals surface area contributed by atoms with Crippen LogP contribution >= 0.6 is 0 Å². The Morgan fingerprint density at radius 2 is 2.24 bits per heavy atom. The minimum Gasteiger partial charge on any atom is -0.460 e. The van der Waals surface area contributed by atoms with E-state index in [0.717, 1.165) is 11.1 Å². The fourth-order valence-corrected chi connectivity index (χ4v) is 1.87. The third-order valence-corrected chi connectivity index (χ3v) is 3.08. The summed E-state index contributed by atoms with van der Waals surface area (Å²) in [5.41, 5.74) is 8.16. The third kappa shape index (κ3) is 3.80. The molecule has 0 fully saturated rings. The maximum absolute atomic E-state index is 12.0. The smallest absolute Gasteiger partial charge is 0.313 e. The van der Waals surface area contributed by atoms with E-state index in [-0.39, 0.29) is 12.6 Å². The highest BCUT2D eigenvalue weighted by Gasteiger charge is 2.17. The molecule has 2 aromatic rings. The van der Waals surface area contributed by atoms with Gasteiger partial charge in [0.05, 0.1) is 5.92 Å². The number of esters is 1. The third-order valence-electron chi connectivity index (χ3n) is 3.08. The number of nitrogen functional groups attached to an aromatic ring is 1. The quantitative estimate of drug-likeness (QED) is 0.686. The van der Waals surface area contributed by atoms with Crippen LogP contribution in [0.4, 0.5) is 5.69 Å². The first-order chi connectivity index (χ1) is 10.1. The highest BCUT2D eigenvalue weighted by Crippen LogP contribution is 2.19. The second-order valence-electron chi connectivity index (χ2n) is 4.66. The van der Waals surface area contributed by atoms with E-state index in [4.69, 9.17) is 15.7 Å². The fraction of sp³-hybridized carbons (Fsp3) is 0.188. The molecule has 5 heteroatoms. The predicted octanol–water partition coefficient (Wildman–Crippen LogP) is 2.38. The molecule has 0 spiro atoms. The second kappa shape index (κ2) is 6.53. The number of hydrogen-bond acceptors (Lipinski definition) is 5. The van der Waals surface area contributed by atoms with Gasteiger partial charge in [-0.3, -0.25) is 4.79 Å². The van der Waals surface area contributed by atoms with Crippen molar-refractivity contribution in [1.29, 1.82) is 5.26 Å². The summed E-state index contributed by atoms with van der Waals surface area (Å²) >= 11 is 0. The zero-order valence-electron chi connectivity index (χ0n) is 11.6.